The smallest absolute Gasteiger partial charge is 0.123 e. The number of aromatic nitrogens is 1. The minimum atomic E-state index is -0.215. The second-order valence-electron chi connectivity index (χ2n) is 6.30. The predicted molar refractivity (Wildman–Crippen MR) is 92.7 cm³/mol. The van der Waals surface area contributed by atoms with Gasteiger partial charge in [0.25, 0.3) is 0 Å². The van der Waals surface area contributed by atoms with E-state index in [0.717, 1.165) is 24.8 Å². The molecular weight excluding hydrogens is 287 g/mol. The van der Waals surface area contributed by atoms with Crippen LogP contribution in [0.15, 0.2) is 47.5 Å². The number of rotatable bonds is 2. The quantitative estimate of drug-likeness (QED) is 0.637. The van der Waals surface area contributed by atoms with E-state index in [1.54, 1.807) is 12.1 Å². The van der Waals surface area contributed by atoms with Crippen LogP contribution in [0.3, 0.4) is 0 Å². The molecule has 1 aliphatic rings. The number of nitrogens with one attached hydrogen (secondary N) is 1. The molecule has 3 heteroatoms. The third-order valence-corrected chi connectivity index (χ3v) is 4.61. The van der Waals surface area contributed by atoms with Gasteiger partial charge in [0, 0.05) is 22.8 Å². The molecule has 0 saturated carbocycles. The Morgan fingerprint density at radius 3 is 2.83 bits per heavy atom. The average molecular weight is 306 g/mol. The third-order valence-electron chi connectivity index (χ3n) is 4.61. The summed E-state index contributed by atoms with van der Waals surface area (Å²) < 4.78 is 13.0. The van der Waals surface area contributed by atoms with Crippen molar-refractivity contribution < 1.29 is 4.39 Å². The molecule has 0 fully saturated rings. The molecule has 0 saturated heterocycles. The molecule has 0 spiro atoms. The van der Waals surface area contributed by atoms with E-state index >= 15 is 0 Å². The Morgan fingerprint density at radius 1 is 1.17 bits per heavy atom. The summed E-state index contributed by atoms with van der Waals surface area (Å²) in [6.45, 7) is 2.13. The van der Waals surface area contributed by atoms with Crippen molar-refractivity contribution in [2.75, 3.05) is 0 Å². The zero-order valence-corrected chi connectivity index (χ0v) is 13.1. The molecule has 0 aliphatic heterocycles. The predicted octanol–water partition coefficient (Wildman–Crippen LogP) is 5.11. The lowest BCUT2D eigenvalue weighted by Gasteiger charge is -2.19. The number of nitrogens with zero attached hydrogens (tertiary/aromatic N) is 1. The SMILES string of the molecule is Cc1ccc2[nH]c3c(c2c1)CCCC3N=Cc1ccc(F)cc1. The number of benzene rings is 2. The van der Waals surface area contributed by atoms with Crippen LogP contribution in [-0.2, 0) is 6.42 Å². The molecule has 1 unspecified atom stereocenters. The van der Waals surface area contributed by atoms with Crippen LogP contribution < -0.4 is 0 Å². The summed E-state index contributed by atoms with van der Waals surface area (Å²) in [6, 6.07) is 13.2. The molecule has 2 nitrogen and oxygen atoms in total. The van der Waals surface area contributed by atoms with E-state index in [9.17, 15) is 4.39 Å². The Morgan fingerprint density at radius 2 is 2.00 bits per heavy atom. The van der Waals surface area contributed by atoms with Crippen LogP contribution in [0.2, 0.25) is 0 Å². The summed E-state index contributed by atoms with van der Waals surface area (Å²) in [5, 5.41) is 1.33. The molecule has 116 valence electrons. The number of aromatic amines is 1. The normalized spacial score (nSPS) is 17.7. The Hall–Kier alpha value is -2.42. The number of fused-ring (bicyclic) bond motifs is 3. The Bertz CT molecular complexity index is 875. The highest BCUT2D eigenvalue weighted by molar-refractivity contribution is 5.86. The van der Waals surface area contributed by atoms with Gasteiger partial charge in [0.05, 0.1) is 6.04 Å². The van der Waals surface area contributed by atoms with Crippen molar-refractivity contribution in [1.82, 2.24) is 4.98 Å². The van der Waals surface area contributed by atoms with Crippen molar-refractivity contribution in [2.45, 2.75) is 32.2 Å². The van der Waals surface area contributed by atoms with Gasteiger partial charge in [-0.15, -0.1) is 0 Å². The van der Waals surface area contributed by atoms with Crippen molar-refractivity contribution >= 4 is 17.1 Å². The number of H-pyrrole nitrogens is 1. The lowest BCUT2D eigenvalue weighted by atomic mass is 9.92. The minimum Gasteiger partial charge on any atom is -0.356 e. The molecule has 1 atom stereocenters. The van der Waals surface area contributed by atoms with Crippen LogP contribution in [0.4, 0.5) is 4.39 Å². The maximum atomic E-state index is 13.0. The monoisotopic (exact) mass is 306 g/mol. The van der Waals surface area contributed by atoms with Crippen molar-refractivity contribution in [1.29, 1.82) is 0 Å². The van der Waals surface area contributed by atoms with Gasteiger partial charge in [-0.25, -0.2) is 4.39 Å². The molecule has 0 bridgehead atoms. The molecule has 3 aromatic rings. The molecule has 1 heterocycles. The molecule has 1 N–H and O–H groups in total. The fourth-order valence-electron chi connectivity index (χ4n) is 3.43. The van der Waals surface area contributed by atoms with Crippen LogP contribution in [0.25, 0.3) is 10.9 Å². The highest BCUT2D eigenvalue weighted by atomic mass is 19.1. The number of hydrogen-bond donors (Lipinski definition) is 1. The summed E-state index contributed by atoms with van der Waals surface area (Å²) in [4.78, 5) is 8.33. The zero-order valence-electron chi connectivity index (χ0n) is 13.1. The van der Waals surface area contributed by atoms with Crippen molar-refractivity contribution in [3.63, 3.8) is 0 Å². The lowest BCUT2D eigenvalue weighted by molar-refractivity contribution is 0.566. The van der Waals surface area contributed by atoms with Gasteiger partial charge in [-0.1, -0.05) is 23.8 Å². The molecule has 23 heavy (non-hydrogen) atoms. The summed E-state index contributed by atoms with van der Waals surface area (Å²) in [7, 11) is 0. The largest absolute Gasteiger partial charge is 0.356 e. The van der Waals surface area contributed by atoms with Gasteiger partial charge >= 0.3 is 0 Å². The van der Waals surface area contributed by atoms with Gasteiger partial charge < -0.3 is 4.98 Å². The highest BCUT2D eigenvalue weighted by Gasteiger charge is 2.23. The van der Waals surface area contributed by atoms with Crippen LogP contribution in [0, 0.1) is 12.7 Å². The second kappa shape index (κ2) is 5.65. The molecular formula is C20H19FN2. The summed E-state index contributed by atoms with van der Waals surface area (Å²) in [5.41, 5.74) is 6.08. The summed E-state index contributed by atoms with van der Waals surface area (Å²) in [5.74, 6) is -0.215. The zero-order chi connectivity index (χ0) is 15.8. The van der Waals surface area contributed by atoms with Crippen LogP contribution in [-0.4, -0.2) is 11.2 Å². The first-order valence-electron chi connectivity index (χ1n) is 8.10. The summed E-state index contributed by atoms with van der Waals surface area (Å²) >= 11 is 0. The molecule has 1 aromatic heterocycles. The van der Waals surface area contributed by atoms with E-state index in [0.29, 0.717) is 0 Å². The first-order valence-corrected chi connectivity index (χ1v) is 8.10. The van der Waals surface area contributed by atoms with Gasteiger partial charge in [0.1, 0.15) is 5.82 Å². The Balaban J connectivity index is 1.70. The number of halogens is 1. The minimum absolute atomic E-state index is 0.163. The van der Waals surface area contributed by atoms with Gasteiger partial charge in [0.2, 0.25) is 0 Å². The van der Waals surface area contributed by atoms with Gasteiger partial charge in [-0.2, -0.15) is 0 Å². The van der Waals surface area contributed by atoms with E-state index in [1.165, 1.54) is 39.9 Å². The van der Waals surface area contributed by atoms with E-state index < -0.39 is 0 Å². The molecule has 0 amide bonds. The van der Waals surface area contributed by atoms with Crippen LogP contribution in [0.1, 0.15) is 41.3 Å². The molecule has 2 aromatic carbocycles. The number of aliphatic imine (C=N–C) groups is 1. The first-order chi connectivity index (χ1) is 11.2. The van der Waals surface area contributed by atoms with E-state index in [2.05, 4.69) is 30.1 Å². The Kier molecular flexibility index (Phi) is 3.49. The van der Waals surface area contributed by atoms with Crippen LogP contribution in [0.5, 0.6) is 0 Å². The van der Waals surface area contributed by atoms with Crippen LogP contribution >= 0.6 is 0 Å². The van der Waals surface area contributed by atoms with E-state index in [4.69, 9.17) is 4.99 Å². The summed E-state index contributed by atoms with van der Waals surface area (Å²) in [6.07, 6.45) is 5.17. The topological polar surface area (TPSA) is 28.1 Å². The average Bonchev–Trinajstić information content (AvgIpc) is 2.93. The molecule has 1 aliphatic carbocycles. The van der Waals surface area contributed by atoms with Gasteiger partial charge in [-0.05, 0) is 61.6 Å². The fourth-order valence-corrected chi connectivity index (χ4v) is 3.43. The maximum absolute atomic E-state index is 13.0. The van der Waals surface area contributed by atoms with E-state index in [1.807, 2.05) is 6.21 Å². The molecule has 4 rings (SSSR count). The Labute approximate surface area is 135 Å². The highest BCUT2D eigenvalue weighted by Crippen LogP contribution is 2.37. The van der Waals surface area contributed by atoms with Gasteiger partial charge in [0.15, 0.2) is 0 Å². The number of hydrogen-bond acceptors (Lipinski definition) is 1. The fraction of sp³-hybridized carbons (Fsp3) is 0.250. The maximum Gasteiger partial charge on any atom is 0.123 e. The second-order valence-corrected chi connectivity index (χ2v) is 6.30. The van der Waals surface area contributed by atoms with Crippen molar-refractivity contribution in [2.24, 2.45) is 4.99 Å². The lowest BCUT2D eigenvalue weighted by Crippen LogP contribution is -2.07. The standard InChI is InChI=1S/C20H19FN2/c1-13-5-10-18-17(11-13)16-3-2-4-19(20(16)23-18)22-12-14-6-8-15(21)9-7-14/h5-12,19,23H,2-4H2,1H3. The van der Waals surface area contributed by atoms with Crippen molar-refractivity contribution in [3.05, 3.63) is 70.7 Å². The number of aryl methyl sites for hydroxylation is 2. The van der Waals surface area contributed by atoms with Gasteiger partial charge in [-0.3, -0.25) is 4.99 Å². The van der Waals surface area contributed by atoms with Crippen molar-refractivity contribution in [3.8, 4) is 0 Å². The first kappa shape index (κ1) is 14.2. The third kappa shape index (κ3) is 2.67. The molecule has 0 radical (unpaired) electrons. The van der Waals surface area contributed by atoms with E-state index in [-0.39, 0.29) is 11.9 Å².